The third-order valence-electron chi connectivity index (χ3n) is 3.38. The molecule has 23 heavy (non-hydrogen) atoms. The van der Waals surface area contributed by atoms with Crippen LogP contribution in [0.25, 0.3) is 6.08 Å². The van der Waals surface area contributed by atoms with Crippen LogP contribution in [0.5, 0.6) is 0 Å². The SMILES string of the molecule is CCn1cc(CN(C(=O)C=Cc2cnc(N)nc2)C(C)C)cn1. The molecule has 0 aliphatic carbocycles. The van der Waals surface area contributed by atoms with Gasteiger partial charge in [-0.2, -0.15) is 5.10 Å². The van der Waals surface area contributed by atoms with E-state index in [2.05, 4.69) is 15.1 Å². The minimum Gasteiger partial charge on any atom is -0.368 e. The Balaban J connectivity index is 2.07. The molecule has 0 saturated heterocycles. The fourth-order valence-electron chi connectivity index (χ4n) is 2.07. The van der Waals surface area contributed by atoms with Gasteiger partial charge in [0.1, 0.15) is 0 Å². The van der Waals surface area contributed by atoms with Crippen molar-refractivity contribution in [2.24, 2.45) is 0 Å². The van der Waals surface area contributed by atoms with Gasteiger partial charge in [-0.05, 0) is 26.8 Å². The molecule has 122 valence electrons. The van der Waals surface area contributed by atoms with Gasteiger partial charge in [0.2, 0.25) is 11.9 Å². The van der Waals surface area contributed by atoms with Gasteiger partial charge in [-0.15, -0.1) is 0 Å². The maximum absolute atomic E-state index is 12.5. The van der Waals surface area contributed by atoms with Crippen molar-refractivity contribution in [1.29, 1.82) is 0 Å². The summed E-state index contributed by atoms with van der Waals surface area (Å²) >= 11 is 0. The highest BCUT2D eigenvalue weighted by Gasteiger charge is 2.15. The molecule has 0 unspecified atom stereocenters. The summed E-state index contributed by atoms with van der Waals surface area (Å²) in [6.07, 6.45) is 10.1. The summed E-state index contributed by atoms with van der Waals surface area (Å²) in [5.74, 6) is 0.145. The van der Waals surface area contributed by atoms with E-state index in [-0.39, 0.29) is 17.9 Å². The van der Waals surface area contributed by atoms with Crippen LogP contribution in [0, 0.1) is 0 Å². The van der Waals surface area contributed by atoms with Gasteiger partial charge in [0, 0.05) is 54.9 Å². The Labute approximate surface area is 135 Å². The molecule has 0 spiro atoms. The van der Waals surface area contributed by atoms with Gasteiger partial charge in [-0.1, -0.05) is 0 Å². The van der Waals surface area contributed by atoms with E-state index >= 15 is 0 Å². The van der Waals surface area contributed by atoms with Crippen LogP contribution in [0.1, 0.15) is 31.9 Å². The Morgan fingerprint density at radius 2 is 2.04 bits per heavy atom. The highest BCUT2D eigenvalue weighted by Crippen LogP contribution is 2.10. The molecule has 0 fully saturated rings. The third-order valence-corrected chi connectivity index (χ3v) is 3.38. The summed E-state index contributed by atoms with van der Waals surface area (Å²) in [5.41, 5.74) is 7.18. The Hall–Kier alpha value is -2.70. The molecule has 0 saturated carbocycles. The number of aryl methyl sites for hydroxylation is 1. The number of anilines is 1. The molecular formula is C16H22N6O. The van der Waals surface area contributed by atoms with E-state index in [1.54, 1.807) is 29.6 Å². The normalized spacial score (nSPS) is 11.3. The van der Waals surface area contributed by atoms with Gasteiger partial charge in [0.15, 0.2) is 0 Å². The molecule has 0 atom stereocenters. The monoisotopic (exact) mass is 314 g/mol. The van der Waals surface area contributed by atoms with Gasteiger partial charge in [-0.25, -0.2) is 9.97 Å². The summed E-state index contributed by atoms with van der Waals surface area (Å²) in [5, 5.41) is 4.24. The molecule has 2 aromatic heterocycles. The van der Waals surface area contributed by atoms with Gasteiger partial charge in [-0.3, -0.25) is 9.48 Å². The largest absolute Gasteiger partial charge is 0.368 e. The molecule has 1 amide bonds. The number of amides is 1. The highest BCUT2D eigenvalue weighted by atomic mass is 16.2. The van der Waals surface area contributed by atoms with E-state index in [9.17, 15) is 4.79 Å². The predicted molar refractivity (Wildman–Crippen MR) is 89.1 cm³/mol. The zero-order valence-electron chi connectivity index (χ0n) is 13.7. The molecule has 2 N–H and O–H groups in total. The number of nitrogens with zero attached hydrogens (tertiary/aromatic N) is 5. The van der Waals surface area contributed by atoms with E-state index < -0.39 is 0 Å². The Kier molecular flexibility index (Phi) is 5.46. The van der Waals surface area contributed by atoms with Gasteiger partial charge in [0.05, 0.1) is 6.20 Å². The van der Waals surface area contributed by atoms with Crippen molar-refractivity contribution in [3.63, 3.8) is 0 Å². The average molecular weight is 314 g/mol. The Bertz CT molecular complexity index is 674. The maximum Gasteiger partial charge on any atom is 0.247 e. The number of carbonyl (C=O) groups is 1. The first-order valence-corrected chi connectivity index (χ1v) is 7.57. The lowest BCUT2D eigenvalue weighted by Crippen LogP contribution is -2.35. The summed E-state index contributed by atoms with van der Waals surface area (Å²) in [4.78, 5) is 22.0. The molecule has 0 aromatic carbocycles. The van der Waals surface area contributed by atoms with Crippen molar-refractivity contribution < 1.29 is 4.79 Å². The van der Waals surface area contributed by atoms with Crippen molar-refractivity contribution in [2.75, 3.05) is 5.73 Å². The van der Waals surface area contributed by atoms with Crippen molar-refractivity contribution in [1.82, 2.24) is 24.6 Å². The molecule has 7 nitrogen and oxygen atoms in total. The quantitative estimate of drug-likeness (QED) is 0.820. The predicted octanol–water partition coefficient (Wildman–Crippen LogP) is 1.73. The summed E-state index contributed by atoms with van der Waals surface area (Å²) in [7, 11) is 0. The first kappa shape index (κ1) is 16.7. The molecule has 0 bridgehead atoms. The fourth-order valence-corrected chi connectivity index (χ4v) is 2.07. The molecule has 7 heteroatoms. The van der Waals surface area contributed by atoms with Crippen LogP contribution in [-0.2, 0) is 17.9 Å². The lowest BCUT2D eigenvalue weighted by molar-refractivity contribution is -0.128. The standard InChI is InChI=1S/C16H22N6O/c1-4-21-10-14(9-20-21)11-22(12(2)3)15(23)6-5-13-7-18-16(17)19-8-13/h5-10,12H,4,11H2,1-3H3,(H2,17,18,19). The van der Waals surface area contributed by atoms with Crippen LogP contribution in [0.4, 0.5) is 5.95 Å². The fraction of sp³-hybridized carbons (Fsp3) is 0.375. The number of rotatable bonds is 6. The van der Waals surface area contributed by atoms with Crippen molar-refractivity contribution in [2.45, 2.75) is 39.9 Å². The van der Waals surface area contributed by atoms with Crippen LogP contribution in [0.2, 0.25) is 0 Å². The topological polar surface area (TPSA) is 89.9 Å². The van der Waals surface area contributed by atoms with Gasteiger partial charge >= 0.3 is 0 Å². The molecular weight excluding hydrogens is 292 g/mol. The van der Waals surface area contributed by atoms with Gasteiger partial charge in [0.25, 0.3) is 0 Å². The summed E-state index contributed by atoms with van der Waals surface area (Å²) in [6.45, 7) is 7.34. The van der Waals surface area contributed by atoms with E-state index in [0.29, 0.717) is 6.54 Å². The Morgan fingerprint density at radius 3 is 2.61 bits per heavy atom. The zero-order valence-corrected chi connectivity index (χ0v) is 13.7. The maximum atomic E-state index is 12.5. The van der Waals surface area contributed by atoms with Crippen LogP contribution < -0.4 is 5.73 Å². The minimum absolute atomic E-state index is 0.0685. The lowest BCUT2D eigenvalue weighted by Gasteiger charge is -2.24. The number of hydrogen-bond donors (Lipinski definition) is 1. The first-order valence-electron chi connectivity index (χ1n) is 7.57. The number of carbonyl (C=O) groups excluding carboxylic acids is 1. The average Bonchev–Trinajstić information content (AvgIpc) is 2.99. The number of aromatic nitrogens is 4. The second-order valence-corrected chi connectivity index (χ2v) is 5.47. The number of nitrogen functional groups attached to an aromatic ring is 1. The minimum atomic E-state index is -0.0685. The van der Waals surface area contributed by atoms with Gasteiger partial charge < -0.3 is 10.6 Å². The molecule has 0 radical (unpaired) electrons. The van der Waals surface area contributed by atoms with E-state index in [0.717, 1.165) is 17.7 Å². The molecule has 2 heterocycles. The summed E-state index contributed by atoms with van der Waals surface area (Å²) in [6, 6.07) is 0.0831. The van der Waals surface area contributed by atoms with E-state index in [1.165, 1.54) is 6.08 Å². The van der Waals surface area contributed by atoms with E-state index in [4.69, 9.17) is 5.73 Å². The second kappa shape index (κ2) is 7.53. The smallest absolute Gasteiger partial charge is 0.247 e. The van der Waals surface area contributed by atoms with Crippen LogP contribution in [-0.4, -0.2) is 36.6 Å². The molecule has 2 aromatic rings. The second-order valence-electron chi connectivity index (χ2n) is 5.47. The lowest BCUT2D eigenvalue weighted by atomic mass is 10.2. The summed E-state index contributed by atoms with van der Waals surface area (Å²) < 4.78 is 1.85. The van der Waals surface area contributed by atoms with Crippen molar-refractivity contribution in [3.05, 3.63) is 42.0 Å². The van der Waals surface area contributed by atoms with Crippen LogP contribution in [0.15, 0.2) is 30.9 Å². The van der Waals surface area contributed by atoms with Crippen LogP contribution >= 0.6 is 0 Å². The van der Waals surface area contributed by atoms with Crippen molar-refractivity contribution >= 4 is 17.9 Å². The number of hydrogen-bond acceptors (Lipinski definition) is 5. The molecule has 0 aliphatic heterocycles. The van der Waals surface area contributed by atoms with Crippen molar-refractivity contribution in [3.8, 4) is 0 Å². The highest BCUT2D eigenvalue weighted by molar-refractivity contribution is 5.91. The zero-order chi connectivity index (χ0) is 16.8. The molecule has 0 aliphatic rings. The Morgan fingerprint density at radius 1 is 1.35 bits per heavy atom. The van der Waals surface area contributed by atoms with E-state index in [1.807, 2.05) is 31.6 Å². The van der Waals surface area contributed by atoms with Crippen LogP contribution in [0.3, 0.4) is 0 Å². The first-order chi connectivity index (χ1) is 11.0. The third kappa shape index (κ3) is 4.64. The molecule has 2 rings (SSSR count). The number of nitrogens with two attached hydrogens (primary N) is 1.